The number of ether oxygens (including phenoxy) is 1. The number of aromatic nitrogens is 4. The number of halogens is 1. The summed E-state index contributed by atoms with van der Waals surface area (Å²) in [6.45, 7) is 0.759. The molecule has 0 spiro atoms. The van der Waals surface area contributed by atoms with Crippen molar-refractivity contribution in [3.8, 4) is 0 Å². The molecule has 21 heavy (non-hydrogen) atoms. The van der Waals surface area contributed by atoms with E-state index in [-0.39, 0.29) is 6.10 Å². The lowest BCUT2D eigenvalue weighted by Crippen LogP contribution is -2.21. The molecule has 0 bridgehead atoms. The third-order valence-corrected chi connectivity index (χ3v) is 4.54. The highest BCUT2D eigenvalue weighted by atomic mass is 35.5. The van der Waals surface area contributed by atoms with Gasteiger partial charge in [0.2, 0.25) is 5.16 Å². The van der Waals surface area contributed by atoms with Gasteiger partial charge in [-0.05, 0) is 37.0 Å². The Morgan fingerprint density at radius 3 is 3.10 bits per heavy atom. The van der Waals surface area contributed by atoms with E-state index in [1.54, 1.807) is 6.20 Å². The van der Waals surface area contributed by atoms with Gasteiger partial charge in [0.05, 0.1) is 0 Å². The predicted octanol–water partition coefficient (Wildman–Crippen LogP) is 2.57. The number of rotatable bonds is 4. The second-order valence-electron chi connectivity index (χ2n) is 4.84. The summed E-state index contributed by atoms with van der Waals surface area (Å²) in [5.41, 5.74) is 1.07. The van der Waals surface area contributed by atoms with Crippen LogP contribution in [0.5, 0.6) is 0 Å². The summed E-state index contributed by atoms with van der Waals surface area (Å²) in [6.07, 6.45) is 4.82. The van der Waals surface area contributed by atoms with Gasteiger partial charge >= 0.3 is 0 Å². The van der Waals surface area contributed by atoms with Gasteiger partial charge < -0.3 is 10.6 Å². The van der Waals surface area contributed by atoms with Crippen LogP contribution < -0.4 is 5.84 Å². The quantitative estimate of drug-likeness (QED) is 0.529. The first-order chi connectivity index (χ1) is 10.2. The molecule has 1 fully saturated rings. The summed E-state index contributed by atoms with van der Waals surface area (Å²) in [5, 5.41) is 9.48. The minimum absolute atomic E-state index is 0.0408. The molecule has 8 heteroatoms. The summed E-state index contributed by atoms with van der Waals surface area (Å²) in [6, 6.07) is 3.75. The van der Waals surface area contributed by atoms with Crippen molar-refractivity contribution < 1.29 is 4.74 Å². The Hall–Kier alpha value is -1.31. The Kier molecular flexibility index (Phi) is 4.62. The Balaban J connectivity index is 1.67. The van der Waals surface area contributed by atoms with Gasteiger partial charge in [0.1, 0.15) is 11.3 Å². The van der Waals surface area contributed by atoms with Crippen LogP contribution in [0.3, 0.4) is 0 Å². The van der Waals surface area contributed by atoms with Crippen LogP contribution in [0.1, 0.15) is 36.8 Å². The van der Waals surface area contributed by atoms with E-state index in [0.29, 0.717) is 21.9 Å². The SMILES string of the molecule is Nn1c(SCc2ccnc(Cl)c2)nnc1C1CCCCO1. The van der Waals surface area contributed by atoms with Crippen molar-refractivity contribution in [2.45, 2.75) is 36.3 Å². The first-order valence-electron chi connectivity index (χ1n) is 6.79. The maximum atomic E-state index is 6.08. The Bertz CT molecular complexity index is 614. The molecule has 3 heterocycles. The Morgan fingerprint density at radius 2 is 2.33 bits per heavy atom. The molecule has 6 nitrogen and oxygen atoms in total. The molecule has 1 unspecified atom stereocenters. The third-order valence-electron chi connectivity index (χ3n) is 3.32. The van der Waals surface area contributed by atoms with Crippen LogP contribution in [0, 0.1) is 0 Å². The van der Waals surface area contributed by atoms with Crippen molar-refractivity contribution in [3.05, 3.63) is 34.9 Å². The van der Waals surface area contributed by atoms with Gasteiger partial charge in [-0.3, -0.25) is 0 Å². The smallest absolute Gasteiger partial charge is 0.210 e. The molecule has 1 saturated heterocycles. The molecule has 1 aliphatic heterocycles. The van der Waals surface area contributed by atoms with Crippen molar-refractivity contribution >= 4 is 23.4 Å². The molecule has 1 aliphatic rings. The normalized spacial score (nSPS) is 18.8. The van der Waals surface area contributed by atoms with Crippen LogP contribution in [-0.2, 0) is 10.5 Å². The van der Waals surface area contributed by atoms with Gasteiger partial charge in [-0.2, -0.15) is 0 Å². The van der Waals surface area contributed by atoms with Crippen molar-refractivity contribution in [3.63, 3.8) is 0 Å². The highest BCUT2D eigenvalue weighted by Gasteiger charge is 2.23. The molecule has 0 saturated carbocycles. The van der Waals surface area contributed by atoms with Crippen LogP contribution in [0.25, 0.3) is 0 Å². The topological polar surface area (TPSA) is 78.9 Å². The summed E-state index contributed by atoms with van der Waals surface area (Å²) in [7, 11) is 0. The zero-order valence-corrected chi connectivity index (χ0v) is 13.0. The van der Waals surface area contributed by atoms with Crippen LogP contribution in [-0.4, -0.2) is 26.5 Å². The van der Waals surface area contributed by atoms with Crippen LogP contribution in [0.4, 0.5) is 0 Å². The van der Waals surface area contributed by atoms with E-state index < -0.39 is 0 Å². The minimum Gasteiger partial charge on any atom is -0.370 e. The van der Waals surface area contributed by atoms with Gasteiger partial charge in [0.15, 0.2) is 5.82 Å². The van der Waals surface area contributed by atoms with Crippen LogP contribution >= 0.6 is 23.4 Å². The van der Waals surface area contributed by atoms with Gasteiger partial charge in [-0.15, -0.1) is 10.2 Å². The maximum absolute atomic E-state index is 6.08. The zero-order valence-electron chi connectivity index (χ0n) is 11.4. The molecule has 2 aromatic rings. The van der Waals surface area contributed by atoms with Crippen molar-refractivity contribution in [2.24, 2.45) is 0 Å². The van der Waals surface area contributed by atoms with Crippen molar-refractivity contribution in [1.82, 2.24) is 19.9 Å². The molecule has 2 N–H and O–H groups in total. The molecule has 0 amide bonds. The van der Waals surface area contributed by atoms with E-state index in [1.165, 1.54) is 16.4 Å². The lowest BCUT2D eigenvalue weighted by Gasteiger charge is -2.21. The fourth-order valence-corrected chi connectivity index (χ4v) is 3.23. The first kappa shape index (κ1) is 14.6. The molecule has 2 aromatic heterocycles. The maximum Gasteiger partial charge on any atom is 0.210 e. The lowest BCUT2D eigenvalue weighted by atomic mass is 10.1. The lowest BCUT2D eigenvalue weighted by molar-refractivity contribution is 0.00780. The molecule has 3 rings (SSSR count). The average molecular weight is 326 g/mol. The second kappa shape index (κ2) is 6.64. The Morgan fingerprint density at radius 1 is 1.43 bits per heavy atom. The molecule has 0 aliphatic carbocycles. The standard InChI is InChI=1S/C13H16ClN5OS/c14-11-7-9(4-5-16-11)8-21-13-18-17-12(19(13)15)10-3-1-2-6-20-10/h4-5,7,10H,1-3,6,8,15H2. The Labute approximate surface area is 132 Å². The van der Waals surface area contributed by atoms with E-state index >= 15 is 0 Å². The number of thioether (sulfide) groups is 1. The zero-order chi connectivity index (χ0) is 14.7. The first-order valence-corrected chi connectivity index (χ1v) is 8.15. The van der Waals surface area contributed by atoms with Crippen molar-refractivity contribution in [1.29, 1.82) is 0 Å². The molecule has 112 valence electrons. The molecular weight excluding hydrogens is 310 g/mol. The number of hydrogen-bond donors (Lipinski definition) is 1. The largest absolute Gasteiger partial charge is 0.370 e. The van der Waals surface area contributed by atoms with Crippen LogP contribution in [0.2, 0.25) is 5.15 Å². The van der Waals surface area contributed by atoms with Crippen molar-refractivity contribution in [2.75, 3.05) is 12.4 Å². The fraction of sp³-hybridized carbons (Fsp3) is 0.462. The van der Waals surface area contributed by atoms with E-state index in [4.69, 9.17) is 22.2 Å². The number of pyridine rings is 1. The van der Waals surface area contributed by atoms with E-state index in [1.807, 2.05) is 12.1 Å². The van der Waals surface area contributed by atoms with E-state index in [9.17, 15) is 0 Å². The third kappa shape index (κ3) is 3.48. The number of nitrogen functional groups attached to an aromatic ring is 1. The highest BCUT2D eigenvalue weighted by Crippen LogP contribution is 2.28. The monoisotopic (exact) mass is 325 g/mol. The second-order valence-corrected chi connectivity index (χ2v) is 6.17. The average Bonchev–Trinajstić information content (AvgIpc) is 2.87. The fourth-order valence-electron chi connectivity index (χ4n) is 2.23. The molecule has 0 radical (unpaired) electrons. The summed E-state index contributed by atoms with van der Waals surface area (Å²) >= 11 is 7.38. The summed E-state index contributed by atoms with van der Waals surface area (Å²) < 4.78 is 7.23. The predicted molar refractivity (Wildman–Crippen MR) is 81.5 cm³/mol. The highest BCUT2D eigenvalue weighted by molar-refractivity contribution is 7.98. The molecular formula is C13H16ClN5OS. The van der Waals surface area contributed by atoms with Gasteiger partial charge in [-0.25, -0.2) is 9.66 Å². The van der Waals surface area contributed by atoms with E-state index in [2.05, 4.69) is 15.2 Å². The number of nitrogens with zero attached hydrogens (tertiary/aromatic N) is 4. The molecule has 1 atom stereocenters. The van der Waals surface area contributed by atoms with Gasteiger partial charge in [0.25, 0.3) is 0 Å². The summed E-state index contributed by atoms with van der Waals surface area (Å²) in [5.74, 6) is 7.49. The van der Waals surface area contributed by atoms with Gasteiger partial charge in [-0.1, -0.05) is 23.4 Å². The number of nitrogens with two attached hydrogens (primary N) is 1. The van der Waals surface area contributed by atoms with Crippen LogP contribution in [0.15, 0.2) is 23.5 Å². The minimum atomic E-state index is -0.0408. The van der Waals surface area contributed by atoms with Gasteiger partial charge in [0, 0.05) is 18.6 Å². The molecule has 0 aromatic carbocycles. The summed E-state index contributed by atoms with van der Waals surface area (Å²) in [4.78, 5) is 3.96. The number of hydrogen-bond acceptors (Lipinski definition) is 6. The van der Waals surface area contributed by atoms with E-state index in [0.717, 1.165) is 31.4 Å².